The normalized spacial score (nSPS) is 16.1. The van der Waals surface area contributed by atoms with Crippen LogP contribution in [0.1, 0.15) is 70.1 Å². The summed E-state index contributed by atoms with van der Waals surface area (Å²) in [6.07, 6.45) is 12.1. The SMILES string of the molecule is C\C=C(/C=C(/C=C(\CC)c1ccccc1)C(\C)=C\CC)c1ccc(N)c(C(=N)C(=O)N2CCC(N)CC2)c1. The van der Waals surface area contributed by atoms with Crippen molar-refractivity contribution >= 4 is 28.5 Å². The zero-order chi connectivity index (χ0) is 27.7. The molecule has 2 aromatic rings. The maximum atomic E-state index is 13.1. The van der Waals surface area contributed by atoms with Gasteiger partial charge in [-0.05, 0) is 91.2 Å². The molecule has 38 heavy (non-hydrogen) atoms. The van der Waals surface area contributed by atoms with Crippen molar-refractivity contribution < 1.29 is 4.79 Å². The fourth-order valence-corrected chi connectivity index (χ4v) is 4.75. The molecule has 2 aromatic carbocycles. The van der Waals surface area contributed by atoms with Crippen molar-refractivity contribution in [2.24, 2.45) is 5.73 Å². The zero-order valence-electron chi connectivity index (χ0n) is 23.3. The second-order valence-electron chi connectivity index (χ2n) is 9.83. The summed E-state index contributed by atoms with van der Waals surface area (Å²) in [6, 6.07) is 16.2. The van der Waals surface area contributed by atoms with Gasteiger partial charge >= 0.3 is 0 Å². The van der Waals surface area contributed by atoms with Gasteiger partial charge in [0.2, 0.25) is 0 Å². The molecule has 200 valence electrons. The van der Waals surface area contributed by atoms with E-state index in [9.17, 15) is 4.79 Å². The fraction of sp³-hybridized carbons (Fsp3) is 0.333. The Kier molecular flexibility index (Phi) is 10.4. The molecule has 0 aliphatic carbocycles. The summed E-state index contributed by atoms with van der Waals surface area (Å²) in [4.78, 5) is 14.8. The van der Waals surface area contributed by atoms with E-state index in [2.05, 4.69) is 69.3 Å². The van der Waals surface area contributed by atoms with E-state index in [0.717, 1.165) is 42.4 Å². The maximum absolute atomic E-state index is 13.1. The molecule has 5 heteroatoms. The van der Waals surface area contributed by atoms with Crippen LogP contribution in [0, 0.1) is 5.41 Å². The highest BCUT2D eigenvalue weighted by molar-refractivity contribution is 6.45. The maximum Gasteiger partial charge on any atom is 0.272 e. The van der Waals surface area contributed by atoms with Crippen LogP contribution in [0.25, 0.3) is 11.1 Å². The van der Waals surface area contributed by atoms with E-state index in [1.165, 1.54) is 16.7 Å². The molecule has 0 spiro atoms. The van der Waals surface area contributed by atoms with E-state index in [0.29, 0.717) is 24.3 Å². The monoisotopic (exact) mass is 510 g/mol. The van der Waals surface area contributed by atoms with Crippen LogP contribution in [0.2, 0.25) is 0 Å². The van der Waals surface area contributed by atoms with Gasteiger partial charge in [-0.15, -0.1) is 0 Å². The summed E-state index contributed by atoms with van der Waals surface area (Å²) in [5.74, 6) is -0.292. The van der Waals surface area contributed by atoms with Gasteiger partial charge in [-0.25, -0.2) is 0 Å². The molecule has 1 fully saturated rings. The van der Waals surface area contributed by atoms with Gasteiger partial charge in [0.1, 0.15) is 5.71 Å². The first-order valence-corrected chi connectivity index (χ1v) is 13.6. The third-order valence-electron chi connectivity index (χ3n) is 7.14. The molecule has 3 rings (SSSR count). The molecular formula is C33H42N4O. The number of carbonyl (C=O) groups is 1. The lowest BCUT2D eigenvalue weighted by Crippen LogP contribution is -2.45. The lowest BCUT2D eigenvalue weighted by atomic mass is 9.93. The van der Waals surface area contributed by atoms with Gasteiger partial charge in [-0.2, -0.15) is 0 Å². The van der Waals surface area contributed by atoms with E-state index in [1.807, 2.05) is 25.1 Å². The summed E-state index contributed by atoms with van der Waals surface area (Å²) in [5, 5.41) is 8.68. The van der Waals surface area contributed by atoms with Crippen LogP contribution in [0.4, 0.5) is 5.69 Å². The predicted molar refractivity (Wildman–Crippen MR) is 162 cm³/mol. The molecule has 0 saturated carbocycles. The minimum absolute atomic E-state index is 0.0706. The number of nitrogens with two attached hydrogens (primary N) is 2. The van der Waals surface area contributed by atoms with Crippen LogP contribution in [-0.4, -0.2) is 35.7 Å². The molecule has 1 heterocycles. The molecular weight excluding hydrogens is 468 g/mol. The Bertz CT molecular complexity index is 1260. The van der Waals surface area contributed by atoms with Gasteiger partial charge in [-0.1, -0.05) is 68.5 Å². The molecule has 1 aliphatic rings. The number of hydrogen-bond donors (Lipinski definition) is 3. The average Bonchev–Trinajstić information content (AvgIpc) is 2.94. The Labute approximate surface area is 228 Å². The van der Waals surface area contributed by atoms with Crippen LogP contribution in [0.15, 0.2) is 84.0 Å². The van der Waals surface area contributed by atoms with E-state index in [1.54, 1.807) is 11.0 Å². The van der Waals surface area contributed by atoms with Gasteiger partial charge in [0.25, 0.3) is 5.91 Å². The van der Waals surface area contributed by atoms with Gasteiger partial charge in [-0.3, -0.25) is 10.2 Å². The third kappa shape index (κ3) is 7.20. The zero-order valence-corrected chi connectivity index (χ0v) is 23.3. The number of rotatable bonds is 9. The summed E-state index contributed by atoms with van der Waals surface area (Å²) in [7, 11) is 0. The molecule has 5 N–H and O–H groups in total. The lowest BCUT2D eigenvalue weighted by molar-refractivity contribution is -0.125. The van der Waals surface area contributed by atoms with Crippen LogP contribution in [0.3, 0.4) is 0 Å². The fourth-order valence-electron chi connectivity index (χ4n) is 4.75. The van der Waals surface area contributed by atoms with Crippen molar-refractivity contribution in [3.8, 4) is 0 Å². The minimum atomic E-state index is -0.292. The molecule has 1 saturated heterocycles. The Balaban J connectivity index is 2.00. The van der Waals surface area contributed by atoms with Crippen molar-refractivity contribution in [1.82, 2.24) is 4.90 Å². The van der Waals surface area contributed by atoms with Gasteiger partial charge in [0, 0.05) is 30.4 Å². The number of hydrogen-bond acceptors (Lipinski definition) is 4. The molecule has 0 atom stereocenters. The summed E-state index contributed by atoms with van der Waals surface area (Å²) < 4.78 is 0. The number of anilines is 1. The Hall–Kier alpha value is -3.70. The standard InChI is InChI=1S/C33H42N4O/c1-5-11-23(4)28(20-24(6-2)26-12-9-8-10-13-26)21-25(7-3)27-14-15-31(35)30(22-27)32(36)33(38)37-18-16-29(34)17-19-37/h7-15,20-22,29,36H,5-6,16-19,34-35H2,1-4H3/b23-11+,24-20+,25-7+,28-21-,36-32?. The van der Waals surface area contributed by atoms with Gasteiger partial charge < -0.3 is 16.4 Å². The number of likely N-dealkylation sites (tertiary alicyclic amines) is 1. The first kappa shape index (κ1) is 28.9. The number of piperidine rings is 1. The second-order valence-corrected chi connectivity index (χ2v) is 9.83. The quantitative estimate of drug-likeness (QED) is 0.197. The van der Waals surface area contributed by atoms with E-state index >= 15 is 0 Å². The third-order valence-corrected chi connectivity index (χ3v) is 7.14. The first-order valence-electron chi connectivity index (χ1n) is 13.6. The molecule has 0 radical (unpaired) electrons. The molecule has 5 nitrogen and oxygen atoms in total. The van der Waals surface area contributed by atoms with E-state index in [4.69, 9.17) is 16.9 Å². The highest BCUT2D eigenvalue weighted by Crippen LogP contribution is 2.28. The predicted octanol–water partition coefficient (Wildman–Crippen LogP) is 6.77. The van der Waals surface area contributed by atoms with E-state index < -0.39 is 0 Å². The van der Waals surface area contributed by atoms with Crippen molar-refractivity contribution in [2.45, 2.75) is 59.4 Å². The second kappa shape index (κ2) is 13.7. The largest absolute Gasteiger partial charge is 0.398 e. The van der Waals surface area contributed by atoms with Crippen molar-refractivity contribution in [1.29, 1.82) is 5.41 Å². The Morgan fingerprint density at radius 1 is 1.05 bits per heavy atom. The lowest BCUT2D eigenvalue weighted by Gasteiger charge is -2.30. The number of amides is 1. The Morgan fingerprint density at radius 2 is 1.74 bits per heavy atom. The topological polar surface area (TPSA) is 96.2 Å². The van der Waals surface area contributed by atoms with Gasteiger partial charge in [0.15, 0.2) is 0 Å². The molecule has 0 bridgehead atoms. The number of benzene rings is 2. The Morgan fingerprint density at radius 3 is 2.34 bits per heavy atom. The van der Waals surface area contributed by atoms with Crippen molar-refractivity contribution in [3.63, 3.8) is 0 Å². The van der Waals surface area contributed by atoms with Crippen LogP contribution in [-0.2, 0) is 4.79 Å². The van der Waals surface area contributed by atoms with Crippen LogP contribution in [0.5, 0.6) is 0 Å². The smallest absolute Gasteiger partial charge is 0.272 e. The van der Waals surface area contributed by atoms with Crippen LogP contribution < -0.4 is 11.5 Å². The summed E-state index contributed by atoms with van der Waals surface area (Å²) >= 11 is 0. The van der Waals surface area contributed by atoms with Crippen molar-refractivity contribution in [2.75, 3.05) is 18.8 Å². The average molecular weight is 511 g/mol. The van der Waals surface area contributed by atoms with E-state index in [-0.39, 0.29) is 17.7 Å². The summed E-state index contributed by atoms with van der Waals surface area (Å²) in [6.45, 7) is 9.62. The highest BCUT2D eigenvalue weighted by Gasteiger charge is 2.25. The number of nitrogens with one attached hydrogen (secondary N) is 1. The first-order chi connectivity index (χ1) is 18.3. The number of allylic oxidation sites excluding steroid dienone is 8. The molecule has 1 amide bonds. The minimum Gasteiger partial charge on any atom is -0.398 e. The molecule has 1 aliphatic heterocycles. The molecule has 0 aromatic heterocycles. The van der Waals surface area contributed by atoms with Crippen LogP contribution >= 0.6 is 0 Å². The molecule has 0 unspecified atom stereocenters. The highest BCUT2D eigenvalue weighted by atomic mass is 16.2. The number of carbonyl (C=O) groups excluding carboxylic acids is 1. The number of nitrogen functional groups attached to an aromatic ring is 1. The van der Waals surface area contributed by atoms with Gasteiger partial charge in [0.05, 0.1) is 0 Å². The number of nitrogens with zero attached hydrogens (tertiary/aromatic N) is 1. The summed E-state index contributed by atoms with van der Waals surface area (Å²) in [5.41, 5.74) is 19.8. The van der Waals surface area contributed by atoms with Crippen molar-refractivity contribution in [3.05, 3.63) is 101 Å².